The molecule has 100 valence electrons. The number of nitriles is 1. The van der Waals surface area contributed by atoms with Gasteiger partial charge in [-0.15, -0.1) is 0 Å². The zero-order chi connectivity index (χ0) is 14.5. The van der Waals surface area contributed by atoms with Crippen molar-refractivity contribution in [2.75, 3.05) is 0 Å². The van der Waals surface area contributed by atoms with E-state index in [2.05, 4.69) is 25.8 Å². The van der Waals surface area contributed by atoms with Gasteiger partial charge < -0.3 is 0 Å². The molecule has 7 heteroatoms. The van der Waals surface area contributed by atoms with Crippen molar-refractivity contribution in [1.82, 2.24) is 4.98 Å². The lowest BCUT2D eigenvalue weighted by atomic mass is 9.90. The van der Waals surface area contributed by atoms with Crippen molar-refractivity contribution in [3.63, 3.8) is 0 Å². The van der Waals surface area contributed by atoms with Crippen LogP contribution in [0.2, 0.25) is 0 Å². The van der Waals surface area contributed by atoms with E-state index in [9.17, 15) is 13.2 Å². The van der Waals surface area contributed by atoms with Crippen molar-refractivity contribution in [3.05, 3.63) is 39.9 Å². The average Bonchev–Trinajstić information content (AvgIpc) is 2.34. The van der Waals surface area contributed by atoms with Crippen LogP contribution in [0.3, 0.4) is 0 Å². The van der Waals surface area contributed by atoms with E-state index in [1.807, 2.05) is 0 Å². The van der Waals surface area contributed by atoms with Gasteiger partial charge in [-0.3, -0.25) is 4.85 Å². The maximum Gasteiger partial charge on any atom is 0.389 e. The summed E-state index contributed by atoms with van der Waals surface area (Å²) in [4.78, 5) is 7.14. The van der Waals surface area contributed by atoms with Gasteiger partial charge in [0.15, 0.2) is 6.07 Å². The van der Waals surface area contributed by atoms with Crippen molar-refractivity contribution in [2.45, 2.75) is 31.0 Å². The Morgan fingerprint density at radius 2 is 2.05 bits per heavy atom. The first-order valence-electron chi connectivity index (χ1n) is 5.28. The van der Waals surface area contributed by atoms with E-state index in [0.717, 1.165) is 0 Å². The topological polar surface area (TPSA) is 41.0 Å². The first-order valence-corrected chi connectivity index (χ1v) is 6.08. The molecule has 0 saturated carbocycles. The Labute approximate surface area is 117 Å². The molecule has 0 aliphatic heterocycles. The summed E-state index contributed by atoms with van der Waals surface area (Å²) in [6.07, 6.45) is -6.21. The number of halogens is 4. The average molecular weight is 332 g/mol. The quantitative estimate of drug-likeness (QED) is 0.620. The number of alkyl halides is 3. The Morgan fingerprint density at radius 3 is 2.53 bits per heavy atom. The predicted molar refractivity (Wildman–Crippen MR) is 65.9 cm³/mol. The summed E-state index contributed by atoms with van der Waals surface area (Å²) in [7, 11) is 0. The summed E-state index contributed by atoms with van der Waals surface area (Å²) < 4.78 is 37.2. The van der Waals surface area contributed by atoms with Crippen LogP contribution >= 0.6 is 15.9 Å². The number of hydrogen-bond donors (Lipinski definition) is 0. The van der Waals surface area contributed by atoms with Gasteiger partial charge in [-0.2, -0.15) is 18.4 Å². The molecule has 3 nitrogen and oxygen atoms in total. The molecule has 0 bridgehead atoms. The fourth-order valence-corrected chi connectivity index (χ4v) is 1.88. The van der Waals surface area contributed by atoms with E-state index < -0.39 is 24.6 Å². The van der Waals surface area contributed by atoms with Crippen molar-refractivity contribution < 1.29 is 13.2 Å². The Morgan fingerprint density at radius 1 is 1.37 bits per heavy atom. The zero-order valence-electron chi connectivity index (χ0n) is 9.71. The van der Waals surface area contributed by atoms with Gasteiger partial charge in [-0.05, 0) is 28.1 Å². The molecule has 0 spiro atoms. The largest absolute Gasteiger partial charge is 0.389 e. The third-order valence-electron chi connectivity index (χ3n) is 2.49. The van der Waals surface area contributed by atoms with E-state index in [1.54, 1.807) is 24.3 Å². The molecule has 0 aromatic carbocycles. The highest BCUT2D eigenvalue weighted by Gasteiger charge is 2.42. The van der Waals surface area contributed by atoms with E-state index in [1.165, 1.54) is 0 Å². The van der Waals surface area contributed by atoms with Crippen molar-refractivity contribution in [1.29, 1.82) is 5.26 Å². The maximum atomic E-state index is 12.2. The maximum absolute atomic E-state index is 12.2. The normalized spacial score (nSPS) is 14.2. The second-order valence-electron chi connectivity index (χ2n) is 4.00. The molecule has 0 fully saturated rings. The summed E-state index contributed by atoms with van der Waals surface area (Å²) in [5.74, 6) is 0. The van der Waals surface area contributed by atoms with Crippen molar-refractivity contribution in [3.8, 4) is 6.07 Å². The van der Waals surface area contributed by atoms with Crippen LogP contribution in [0, 0.1) is 17.9 Å². The summed E-state index contributed by atoms with van der Waals surface area (Å²) in [5.41, 5.74) is -1.31. The van der Waals surface area contributed by atoms with E-state index in [-0.39, 0.29) is 6.42 Å². The monoisotopic (exact) mass is 331 g/mol. The molecule has 0 radical (unpaired) electrons. The molecule has 0 aliphatic carbocycles. The lowest BCUT2D eigenvalue weighted by molar-refractivity contribution is -0.136. The SMILES string of the molecule is [C-]#[N+]C(C#N)(CCC(F)(F)F)Cc1cccc(Br)n1. The van der Waals surface area contributed by atoms with Crippen LogP contribution in [0.4, 0.5) is 13.2 Å². The minimum atomic E-state index is -4.38. The van der Waals surface area contributed by atoms with E-state index in [0.29, 0.717) is 10.3 Å². The van der Waals surface area contributed by atoms with Gasteiger partial charge >= 0.3 is 11.7 Å². The minimum Gasteiger partial charge on any atom is -0.294 e. The number of rotatable bonds is 4. The van der Waals surface area contributed by atoms with Gasteiger partial charge in [0.2, 0.25) is 0 Å². The second-order valence-corrected chi connectivity index (χ2v) is 4.81. The van der Waals surface area contributed by atoms with Gasteiger partial charge in [0.1, 0.15) is 4.60 Å². The molecule has 19 heavy (non-hydrogen) atoms. The van der Waals surface area contributed by atoms with E-state index >= 15 is 0 Å². The molecular formula is C12H9BrF3N3. The number of hydrogen-bond acceptors (Lipinski definition) is 2. The van der Waals surface area contributed by atoms with Crippen LogP contribution < -0.4 is 0 Å². The molecular weight excluding hydrogens is 323 g/mol. The summed E-state index contributed by atoms with van der Waals surface area (Å²) >= 11 is 3.13. The highest BCUT2D eigenvalue weighted by molar-refractivity contribution is 9.10. The summed E-state index contributed by atoms with van der Waals surface area (Å²) in [6.45, 7) is 7.01. The fraction of sp³-hybridized carbons (Fsp3) is 0.417. The highest BCUT2D eigenvalue weighted by atomic mass is 79.9. The van der Waals surface area contributed by atoms with Crippen LogP contribution in [0.5, 0.6) is 0 Å². The number of pyridine rings is 1. The molecule has 0 N–H and O–H groups in total. The Bertz CT molecular complexity index is 514. The lowest BCUT2D eigenvalue weighted by Crippen LogP contribution is -2.28. The molecule has 1 aromatic heterocycles. The Kier molecular flexibility index (Phi) is 4.90. The Hall–Kier alpha value is -1.60. The van der Waals surface area contributed by atoms with Gasteiger partial charge in [-0.25, -0.2) is 11.6 Å². The van der Waals surface area contributed by atoms with Crippen LogP contribution in [-0.2, 0) is 6.42 Å². The fourth-order valence-electron chi connectivity index (χ4n) is 1.50. The van der Waals surface area contributed by atoms with E-state index in [4.69, 9.17) is 11.8 Å². The third kappa shape index (κ3) is 4.88. The first-order chi connectivity index (χ1) is 8.80. The predicted octanol–water partition coefficient (Wildman–Crippen LogP) is 3.91. The second kappa shape index (κ2) is 6.03. The lowest BCUT2D eigenvalue weighted by Gasteiger charge is -2.15. The van der Waals surface area contributed by atoms with Gasteiger partial charge in [0, 0.05) is 6.42 Å². The number of nitrogens with zero attached hydrogens (tertiary/aromatic N) is 3. The van der Waals surface area contributed by atoms with Crippen LogP contribution in [0.25, 0.3) is 4.85 Å². The summed E-state index contributed by atoms with van der Waals surface area (Å²) in [6, 6.07) is 6.59. The third-order valence-corrected chi connectivity index (χ3v) is 2.93. The molecule has 0 aliphatic rings. The van der Waals surface area contributed by atoms with Crippen LogP contribution in [0.15, 0.2) is 22.8 Å². The molecule has 1 heterocycles. The van der Waals surface area contributed by atoms with Crippen molar-refractivity contribution >= 4 is 15.9 Å². The van der Waals surface area contributed by atoms with Gasteiger partial charge in [-0.1, -0.05) is 6.07 Å². The Balaban J connectivity index is 2.89. The molecule has 1 aromatic rings. The molecule has 1 unspecified atom stereocenters. The molecule has 1 rings (SSSR count). The first kappa shape index (κ1) is 15.5. The highest BCUT2D eigenvalue weighted by Crippen LogP contribution is 2.30. The van der Waals surface area contributed by atoms with Gasteiger partial charge in [0.05, 0.1) is 18.5 Å². The molecule has 0 saturated heterocycles. The zero-order valence-corrected chi connectivity index (χ0v) is 11.3. The minimum absolute atomic E-state index is 0.123. The number of aromatic nitrogens is 1. The van der Waals surface area contributed by atoms with Crippen molar-refractivity contribution in [2.24, 2.45) is 0 Å². The smallest absolute Gasteiger partial charge is 0.294 e. The van der Waals surface area contributed by atoms with Crippen LogP contribution in [-0.4, -0.2) is 16.7 Å². The van der Waals surface area contributed by atoms with Crippen LogP contribution in [0.1, 0.15) is 18.5 Å². The standard InChI is InChI=1S/C12H9BrF3N3/c1-18-11(8-17,5-6-12(14,15)16)7-9-3-2-4-10(13)19-9/h2-4H,5-7H2. The molecule has 0 amide bonds. The van der Waals surface area contributed by atoms with Gasteiger partial charge in [0.25, 0.3) is 0 Å². The summed E-state index contributed by atoms with van der Waals surface area (Å²) in [5, 5.41) is 9.03. The molecule has 1 atom stereocenters.